The molecule has 1 aromatic heterocycles. The number of pyridine rings is 1. The summed E-state index contributed by atoms with van der Waals surface area (Å²) >= 11 is 0. The molecular formula is C25H35N5O. The lowest BCUT2D eigenvalue weighted by Crippen LogP contribution is -2.62. The Morgan fingerprint density at radius 3 is 2.42 bits per heavy atom. The Morgan fingerprint density at radius 2 is 1.81 bits per heavy atom. The minimum atomic E-state index is -0.000355. The summed E-state index contributed by atoms with van der Waals surface area (Å²) in [5, 5.41) is 32.0. The van der Waals surface area contributed by atoms with E-state index in [2.05, 4.69) is 44.9 Å². The van der Waals surface area contributed by atoms with Crippen LogP contribution in [0.4, 0.5) is 0 Å². The molecule has 2 heterocycles. The summed E-state index contributed by atoms with van der Waals surface area (Å²) in [6.07, 6.45) is 7.82. The van der Waals surface area contributed by atoms with Crippen LogP contribution in [0.25, 0.3) is 10.9 Å². The first-order valence-corrected chi connectivity index (χ1v) is 10.9. The van der Waals surface area contributed by atoms with Crippen molar-refractivity contribution in [3.8, 4) is 5.75 Å². The summed E-state index contributed by atoms with van der Waals surface area (Å²) in [6, 6.07) is 5.68. The number of fused-ring (bicyclic) bond motifs is 1. The number of amidine groups is 1. The molecule has 31 heavy (non-hydrogen) atoms. The lowest BCUT2D eigenvalue weighted by atomic mass is 9.79. The van der Waals surface area contributed by atoms with Crippen molar-refractivity contribution < 1.29 is 5.11 Å². The molecule has 6 nitrogen and oxygen atoms in total. The molecule has 6 heteroatoms. The molecule has 0 radical (unpaired) electrons. The van der Waals surface area contributed by atoms with E-state index in [0.717, 1.165) is 30.2 Å². The predicted molar refractivity (Wildman–Crippen MR) is 129 cm³/mol. The molecule has 0 saturated carbocycles. The fourth-order valence-electron chi connectivity index (χ4n) is 4.73. The Balaban J connectivity index is 1.77. The Kier molecular flexibility index (Phi) is 6.23. The number of aryl methyl sites for hydroxylation is 1. The second-order valence-electron chi connectivity index (χ2n) is 9.96. The maximum Gasteiger partial charge on any atom is 0.127 e. The van der Waals surface area contributed by atoms with Crippen molar-refractivity contribution in [1.29, 1.82) is 10.8 Å². The summed E-state index contributed by atoms with van der Waals surface area (Å²) in [5.41, 5.74) is 2.43. The molecule has 166 valence electrons. The van der Waals surface area contributed by atoms with Crippen molar-refractivity contribution in [2.45, 2.75) is 71.0 Å². The molecule has 1 fully saturated rings. The van der Waals surface area contributed by atoms with E-state index in [1.807, 2.05) is 24.2 Å². The third-order valence-electron chi connectivity index (χ3n) is 6.06. The van der Waals surface area contributed by atoms with Crippen LogP contribution in [0.2, 0.25) is 0 Å². The van der Waals surface area contributed by atoms with Gasteiger partial charge in [0.1, 0.15) is 11.6 Å². The monoisotopic (exact) mass is 421 g/mol. The first kappa shape index (κ1) is 22.9. The van der Waals surface area contributed by atoms with Gasteiger partial charge in [0.15, 0.2) is 0 Å². The fraction of sp³-hybridized carbons (Fsp3) is 0.480. The second kappa shape index (κ2) is 8.42. The zero-order chi connectivity index (χ0) is 23.0. The predicted octanol–water partition coefficient (Wildman–Crippen LogP) is 4.65. The largest absolute Gasteiger partial charge is 0.507 e. The average molecular weight is 422 g/mol. The van der Waals surface area contributed by atoms with Crippen LogP contribution in [-0.2, 0) is 6.42 Å². The maximum absolute atomic E-state index is 10.4. The molecule has 4 N–H and O–H groups in total. The fourth-order valence-corrected chi connectivity index (χ4v) is 4.73. The van der Waals surface area contributed by atoms with Gasteiger partial charge in [-0.15, -0.1) is 0 Å². The van der Waals surface area contributed by atoms with Crippen LogP contribution in [0, 0.1) is 10.8 Å². The molecule has 1 saturated heterocycles. The standard InChI is InChI=1S/C25H35N5O/c1-7-16-10-17-11-19(22(31)12-21(17)28-15-16)20(26)8-9-23(27)30(6)18-13-24(2,3)29-25(4,5)14-18/h8-12,15,18,26-27,29,31H,7,13-14H2,1-6H3/b9-8-,26-20?,27-23?. The van der Waals surface area contributed by atoms with E-state index in [0.29, 0.717) is 16.9 Å². The van der Waals surface area contributed by atoms with Gasteiger partial charge in [-0.2, -0.15) is 0 Å². The van der Waals surface area contributed by atoms with E-state index in [-0.39, 0.29) is 28.6 Å². The van der Waals surface area contributed by atoms with Crippen molar-refractivity contribution >= 4 is 22.5 Å². The lowest BCUT2D eigenvalue weighted by Gasteiger charge is -2.49. The summed E-state index contributed by atoms with van der Waals surface area (Å²) in [6.45, 7) is 10.9. The first-order chi connectivity index (χ1) is 14.4. The highest BCUT2D eigenvalue weighted by Gasteiger charge is 2.39. The molecule has 1 aliphatic heterocycles. The van der Waals surface area contributed by atoms with Gasteiger partial charge in [-0.05, 0) is 76.8 Å². The van der Waals surface area contributed by atoms with Crippen molar-refractivity contribution in [2.24, 2.45) is 0 Å². The highest BCUT2D eigenvalue weighted by atomic mass is 16.3. The van der Waals surface area contributed by atoms with Gasteiger partial charge in [0.25, 0.3) is 0 Å². The van der Waals surface area contributed by atoms with Crippen LogP contribution >= 0.6 is 0 Å². The van der Waals surface area contributed by atoms with Crippen LogP contribution < -0.4 is 5.32 Å². The number of hydrogen-bond acceptors (Lipinski definition) is 5. The van der Waals surface area contributed by atoms with Crippen LogP contribution in [0.3, 0.4) is 0 Å². The number of rotatable bonds is 5. The minimum absolute atomic E-state index is 0.000355. The molecule has 0 spiro atoms. The molecule has 0 aliphatic carbocycles. The van der Waals surface area contributed by atoms with E-state index in [1.165, 1.54) is 0 Å². The van der Waals surface area contributed by atoms with E-state index in [9.17, 15) is 5.11 Å². The Hall–Kier alpha value is -2.73. The third kappa shape index (κ3) is 5.31. The number of nitrogens with zero attached hydrogens (tertiary/aromatic N) is 2. The number of hydrogen-bond donors (Lipinski definition) is 4. The highest BCUT2D eigenvalue weighted by Crippen LogP contribution is 2.31. The molecule has 0 amide bonds. The minimum Gasteiger partial charge on any atom is -0.507 e. The van der Waals surface area contributed by atoms with Crippen LogP contribution in [0.15, 0.2) is 36.5 Å². The number of likely N-dealkylation sites (N-methyl/N-ethyl adjacent to an activating group) is 1. The number of allylic oxidation sites excluding steroid dienone is 1. The summed E-state index contributed by atoms with van der Waals surface area (Å²) in [4.78, 5) is 6.38. The first-order valence-electron chi connectivity index (χ1n) is 10.9. The van der Waals surface area contributed by atoms with Gasteiger partial charge in [-0.25, -0.2) is 0 Å². The third-order valence-corrected chi connectivity index (χ3v) is 6.06. The molecule has 0 atom stereocenters. The molecule has 1 aromatic carbocycles. The number of aromatic nitrogens is 1. The van der Waals surface area contributed by atoms with Crippen molar-refractivity contribution in [1.82, 2.24) is 15.2 Å². The quantitative estimate of drug-likeness (QED) is 0.417. The summed E-state index contributed by atoms with van der Waals surface area (Å²) in [7, 11) is 1.95. The number of aromatic hydroxyl groups is 1. The van der Waals surface area contributed by atoms with Gasteiger partial charge in [0.2, 0.25) is 0 Å². The van der Waals surface area contributed by atoms with Gasteiger partial charge < -0.3 is 20.7 Å². The number of phenols is 1. The second-order valence-corrected chi connectivity index (χ2v) is 9.96. The van der Waals surface area contributed by atoms with E-state index >= 15 is 0 Å². The van der Waals surface area contributed by atoms with Crippen molar-refractivity contribution in [3.63, 3.8) is 0 Å². The van der Waals surface area contributed by atoms with Gasteiger partial charge in [0.05, 0.1) is 11.2 Å². The highest BCUT2D eigenvalue weighted by molar-refractivity contribution is 6.12. The average Bonchev–Trinajstić information content (AvgIpc) is 2.67. The molecule has 0 bridgehead atoms. The number of phenolic OH excluding ortho intramolecular Hbond substituents is 1. The normalized spacial score (nSPS) is 18.4. The zero-order valence-corrected chi connectivity index (χ0v) is 19.5. The van der Waals surface area contributed by atoms with E-state index < -0.39 is 0 Å². The maximum atomic E-state index is 10.4. The Labute approximate surface area is 185 Å². The van der Waals surface area contributed by atoms with Gasteiger partial charge in [0, 0.05) is 47.4 Å². The van der Waals surface area contributed by atoms with E-state index in [4.69, 9.17) is 10.8 Å². The van der Waals surface area contributed by atoms with Crippen molar-refractivity contribution in [3.05, 3.63) is 47.7 Å². The SMILES string of the molecule is CCc1cnc2cc(O)c(C(=N)/C=C\C(=N)N(C)C3CC(C)(C)NC(C)(C)C3)cc2c1. The zero-order valence-electron chi connectivity index (χ0n) is 19.5. The van der Waals surface area contributed by atoms with Crippen LogP contribution in [-0.4, -0.2) is 50.7 Å². The number of nitrogens with one attached hydrogen (secondary N) is 3. The van der Waals surface area contributed by atoms with Gasteiger partial charge in [-0.1, -0.05) is 6.92 Å². The number of piperidine rings is 1. The summed E-state index contributed by atoms with van der Waals surface area (Å²) in [5.74, 6) is 0.388. The van der Waals surface area contributed by atoms with E-state index in [1.54, 1.807) is 24.3 Å². The molecule has 2 aromatic rings. The number of benzene rings is 1. The molecule has 3 rings (SSSR count). The van der Waals surface area contributed by atoms with Crippen LogP contribution in [0.5, 0.6) is 5.75 Å². The Morgan fingerprint density at radius 1 is 1.16 bits per heavy atom. The summed E-state index contributed by atoms with van der Waals surface area (Å²) < 4.78 is 0. The smallest absolute Gasteiger partial charge is 0.127 e. The van der Waals surface area contributed by atoms with Gasteiger partial charge in [-0.3, -0.25) is 10.4 Å². The molecule has 0 unspecified atom stereocenters. The lowest BCUT2D eigenvalue weighted by molar-refractivity contribution is 0.114. The van der Waals surface area contributed by atoms with Crippen molar-refractivity contribution in [2.75, 3.05) is 7.05 Å². The molecular weight excluding hydrogens is 386 g/mol. The molecule has 1 aliphatic rings. The topological polar surface area (TPSA) is 96.1 Å². The van der Waals surface area contributed by atoms with Gasteiger partial charge >= 0.3 is 0 Å². The Bertz CT molecular complexity index is 1020. The van der Waals surface area contributed by atoms with Crippen LogP contribution in [0.1, 0.15) is 58.6 Å².